The van der Waals surface area contributed by atoms with E-state index >= 15 is 0 Å². The number of aromatic nitrogens is 1. The molecule has 0 amide bonds. The Morgan fingerprint density at radius 1 is 1.35 bits per heavy atom. The van der Waals surface area contributed by atoms with Crippen molar-refractivity contribution in [3.63, 3.8) is 0 Å². The molecular formula is C15H18NO3S+. The molecule has 4 nitrogen and oxygen atoms in total. The smallest absolute Gasteiger partial charge is 0.307 e. The van der Waals surface area contributed by atoms with Crippen molar-refractivity contribution in [2.24, 2.45) is 0 Å². The lowest BCUT2D eigenvalue weighted by Gasteiger charge is -2.06. The lowest BCUT2D eigenvalue weighted by molar-refractivity contribution is -0.117. The van der Waals surface area contributed by atoms with Crippen LogP contribution in [-0.2, 0) is 15.7 Å². The second-order valence-electron chi connectivity index (χ2n) is 4.82. The molecule has 0 aliphatic heterocycles. The van der Waals surface area contributed by atoms with E-state index < -0.39 is 0 Å². The lowest BCUT2D eigenvalue weighted by atomic mass is 10.2. The predicted octanol–water partition coefficient (Wildman–Crippen LogP) is 2.21. The van der Waals surface area contributed by atoms with Crippen LogP contribution < -0.4 is 5.56 Å². The van der Waals surface area contributed by atoms with Crippen LogP contribution in [0.4, 0.5) is 0 Å². The maximum absolute atomic E-state index is 12.1. The minimum Gasteiger partial charge on any atom is -0.503 e. The van der Waals surface area contributed by atoms with E-state index in [1.807, 2.05) is 18.4 Å². The van der Waals surface area contributed by atoms with Gasteiger partial charge in [-0.25, -0.2) is 0 Å². The Labute approximate surface area is 120 Å². The molecule has 5 heteroatoms. The number of hydrogen-bond acceptors (Lipinski definition) is 3. The zero-order valence-corrected chi connectivity index (χ0v) is 12.4. The molecule has 1 heterocycles. The van der Waals surface area contributed by atoms with Gasteiger partial charge in [0, 0.05) is 22.7 Å². The summed E-state index contributed by atoms with van der Waals surface area (Å²) in [5, 5.41) is 11.0. The van der Waals surface area contributed by atoms with Crippen LogP contribution >= 0.6 is 0 Å². The van der Waals surface area contributed by atoms with Crippen molar-refractivity contribution in [1.82, 2.24) is 4.98 Å². The van der Waals surface area contributed by atoms with Crippen LogP contribution in [0, 0.1) is 0 Å². The van der Waals surface area contributed by atoms with Gasteiger partial charge in [0.05, 0.1) is 5.52 Å². The van der Waals surface area contributed by atoms with Gasteiger partial charge < -0.3 is 14.9 Å². The van der Waals surface area contributed by atoms with E-state index in [1.54, 1.807) is 19.1 Å². The van der Waals surface area contributed by atoms with Crippen LogP contribution in [-0.4, -0.2) is 27.9 Å². The molecule has 0 aliphatic carbocycles. The quantitative estimate of drug-likeness (QED) is 0.830. The zero-order valence-electron chi connectivity index (χ0n) is 11.6. The second-order valence-corrected chi connectivity index (χ2v) is 6.92. The molecule has 0 spiro atoms. The highest BCUT2D eigenvalue weighted by Gasteiger charge is 2.26. The highest BCUT2D eigenvalue weighted by atomic mass is 32.2. The first-order valence-electron chi connectivity index (χ1n) is 6.46. The van der Waals surface area contributed by atoms with Crippen molar-refractivity contribution in [1.29, 1.82) is 0 Å². The molecule has 2 aromatic rings. The molecule has 0 saturated carbocycles. The summed E-state index contributed by atoms with van der Waals surface area (Å²) in [6, 6.07) is 7.20. The van der Waals surface area contributed by atoms with Crippen molar-refractivity contribution in [2.75, 3.05) is 12.0 Å². The molecule has 20 heavy (non-hydrogen) atoms. The summed E-state index contributed by atoms with van der Waals surface area (Å²) in [4.78, 5) is 26.3. The van der Waals surface area contributed by atoms with E-state index in [2.05, 4.69) is 4.98 Å². The number of nitrogens with one attached hydrogen (secondary N) is 1. The van der Waals surface area contributed by atoms with E-state index in [0.29, 0.717) is 22.2 Å². The first kappa shape index (κ1) is 14.7. The van der Waals surface area contributed by atoms with Crippen LogP contribution in [0.5, 0.6) is 5.75 Å². The average Bonchev–Trinajstić information content (AvgIpc) is 2.38. The van der Waals surface area contributed by atoms with Gasteiger partial charge in [-0.05, 0) is 25.5 Å². The molecular weight excluding hydrogens is 274 g/mol. The Bertz CT molecular complexity index is 693. The number of carbonyl (C=O) groups excluding carboxylic acids is 1. The minimum atomic E-state index is -0.375. The van der Waals surface area contributed by atoms with Gasteiger partial charge in [0.25, 0.3) is 4.90 Å². The summed E-state index contributed by atoms with van der Waals surface area (Å²) >= 11 is 0. The third kappa shape index (κ3) is 3.04. The third-order valence-electron chi connectivity index (χ3n) is 3.18. The SMILES string of the molecule is CC(=O)CCC[S+](C)c1c(O)c2ccccc2[nH]c1=O. The normalized spacial score (nSPS) is 12.5. The number of aromatic hydroxyl groups is 1. The van der Waals surface area contributed by atoms with Gasteiger partial charge in [-0.3, -0.25) is 4.79 Å². The van der Waals surface area contributed by atoms with Gasteiger partial charge in [-0.2, -0.15) is 0 Å². The first-order valence-corrected chi connectivity index (χ1v) is 8.27. The fourth-order valence-electron chi connectivity index (χ4n) is 2.17. The fourth-order valence-corrected chi connectivity index (χ4v) is 3.76. The highest BCUT2D eigenvalue weighted by Crippen LogP contribution is 2.28. The van der Waals surface area contributed by atoms with Crippen LogP contribution in [0.1, 0.15) is 19.8 Å². The van der Waals surface area contributed by atoms with Crippen LogP contribution in [0.2, 0.25) is 0 Å². The standard InChI is InChI=1S/C15H17NO3S/c1-10(17)6-5-9-20(2)14-13(18)11-7-3-4-8-12(11)16-15(14)19/h3-4,7-8H,5-6,9H2,1-2H3,(H-,16,18,19)/p+1. The van der Waals surface area contributed by atoms with E-state index in [0.717, 1.165) is 12.2 Å². The minimum absolute atomic E-state index is 0.0676. The largest absolute Gasteiger partial charge is 0.503 e. The van der Waals surface area contributed by atoms with Gasteiger partial charge in [-0.15, -0.1) is 0 Å². The Hall–Kier alpha value is -1.75. The van der Waals surface area contributed by atoms with Crippen molar-refractivity contribution >= 4 is 27.6 Å². The molecule has 1 atom stereocenters. The van der Waals surface area contributed by atoms with Gasteiger partial charge in [0.15, 0.2) is 5.75 Å². The summed E-state index contributed by atoms with van der Waals surface area (Å²) in [5.41, 5.74) is 0.398. The Morgan fingerprint density at radius 2 is 2.05 bits per heavy atom. The topological polar surface area (TPSA) is 70.2 Å². The molecule has 0 saturated heterocycles. The molecule has 2 N–H and O–H groups in total. The molecule has 1 aromatic carbocycles. The van der Waals surface area contributed by atoms with E-state index in [-0.39, 0.29) is 28.0 Å². The Morgan fingerprint density at radius 3 is 2.75 bits per heavy atom. The van der Waals surface area contributed by atoms with Crippen molar-refractivity contribution in [2.45, 2.75) is 24.7 Å². The number of fused-ring (bicyclic) bond motifs is 1. The maximum atomic E-state index is 12.1. The molecule has 0 fully saturated rings. The predicted molar refractivity (Wildman–Crippen MR) is 82.6 cm³/mol. The van der Waals surface area contributed by atoms with Crippen LogP contribution in [0.15, 0.2) is 34.0 Å². The monoisotopic (exact) mass is 292 g/mol. The van der Waals surface area contributed by atoms with Crippen LogP contribution in [0.3, 0.4) is 0 Å². The zero-order chi connectivity index (χ0) is 14.7. The summed E-state index contributed by atoms with van der Waals surface area (Å²) in [7, 11) is -0.375. The highest BCUT2D eigenvalue weighted by molar-refractivity contribution is 7.96. The lowest BCUT2D eigenvalue weighted by Crippen LogP contribution is -2.19. The van der Waals surface area contributed by atoms with Gasteiger partial charge in [-0.1, -0.05) is 12.1 Å². The summed E-state index contributed by atoms with van der Waals surface area (Å²) < 4.78 is 0. The number of pyridine rings is 1. The van der Waals surface area contributed by atoms with Crippen molar-refractivity contribution in [3.05, 3.63) is 34.6 Å². The van der Waals surface area contributed by atoms with E-state index in [4.69, 9.17) is 0 Å². The molecule has 2 rings (SSSR count). The van der Waals surface area contributed by atoms with Gasteiger partial charge in [0.1, 0.15) is 17.8 Å². The van der Waals surface area contributed by atoms with Gasteiger partial charge >= 0.3 is 5.56 Å². The summed E-state index contributed by atoms with van der Waals surface area (Å²) in [5.74, 6) is 0.950. The number of para-hydroxylation sites is 1. The maximum Gasteiger partial charge on any atom is 0.307 e. The summed E-state index contributed by atoms with van der Waals surface area (Å²) in [6.45, 7) is 1.56. The number of ketones is 1. The molecule has 0 aliphatic rings. The summed E-state index contributed by atoms with van der Waals surface area (Å²) in [6.07, 6.45) is 3.18. The molecule has 0 radical (unpaired) electrons. The van der Waals surface area contributed by atoms with Crippen molar-refractivity contribution < 1.29 is 9.90 Å². The molecule has 1 unspecified atom stereocenters. The van der Waals surface area contributed by atoms with Gasteiger partial charge in [0.2, 0.25) is 0 Å². The number of rotatable bonds is 5. The fraction of sp³-hybridized carbons (Fsp3) is 0.333. The molecule has 1 aromatic heterocycles. The Kier molecular flexibility index (Phi) is 4.49. The number of carbonyl (C=O) groups is 1. The third-order valence-corrected chi connectivity index (χ3v) is 5.16. The number of benzene rings is 1. The van der Waals surface area contributed by atoms with E-state index in [9.17, 15) is 14.7 Å². The van der Waals surface area contributed by atoms with Crippen LogP contribution in [0.25, 0.3) is 10.9 Å². The number of hydrogen-bond donors (Lipinski definition) is 2. The number of Topliss-reactive ketones (excluding diaryl/α,β-unsaturated/α-hetero) is 1. The Balaban J connectivity index is 2.33. The second kappa shape index (κ2) is 6.13. The van der Waals surface area contributed by atoms with E-state index in [1.165, 1.54) is 0 Å². The number of aromatic amines is 1. The average molecular weight is 292 g/mol. The molecule has 0 bridgehead atoms. The first-order chi connectivity index (χ1) is 9.50. The number of H-pyrrole nitrogens is 1. The van der Waals surface area contributed by atoms with Crippen molar-refractivity contribution in [3.8, 4) is 5.75 Å². The molecule has 106 valence electrons.